The zero-order valence-corrected chi connectivity index (χ0v) is 51.0. The van der Waals surface area contributed by atoms with Gasteiger partial charge in [0, 0.05) is 116 Å². The molecule has 0 radical (unpaired) electrons. The van der Waals surface area contributed by atoms with E-state index in [0.29, 0.717) is 85.3 Å². The molecule has 4 bridgehead atoms. The van der Waals surface area contributed by atoms with Crippen molar-refractivity contribution in [3.8, 4) is 70.7 Å². The molecule has 92 heavy (non-hydrogen) atoms. The molecule has 8 saturated heterocycles. The number of halogens is 6. The van der Waals surface area contributed by atoms with E-state index in [1.165, 1.54) is 54.9 Å². The van der Waals surface area contributed by atoms with Gasteiger partial charge in [0.15, 0.2) is 11.6 Å². The number of ether oxygens (including phenoxy) is 2. The number of benzene rings is 4. The fraction of sp³-hybridized carbons (Fsp3) is 0.457. The maximum atomic E-state index is 18.2. The number of pyridine rings is 2. The van der Waals surface area contributed by atoms with E-state index < -0.39 is 52.7 Å². The second-order valence-corrected chi connectivity index (χ2v) is 27.2. The van der Waals surface area contributed by atoms with Crippen molar-refractivity contribution in [2.45, 2.75) is 144 Å². The normalized spacial score (nSPS) is 28.4. The Morgan fingerprint density at radius 3 is 1.80 bits per heavy atom. The van der Waals surface area contributed by atoms with Crippen molar-refractivity contribution < 1.29 is 46.0 Å². The van der Waals surface area contributed by atoms with Crippen molar-refractivity contribution >= 4 is 55.0 Å². The summed E-state index contributed by atoms with van der Waals surface area (Å²) in [6.07, 6.45) is 20.7. The van der Waals surface area contributed by atoms with Crippen LogP contribution in [0.25, 0.3) is 65.9 Å². The van der Waals surface area contributed by atoms with Gasteiger partial charge in [-0.2, -0.15) is 19.9 Å². The molecule has 8 aromatic rings. The Balaban J connectivity index is 0.772. The van der Waals surface area contributed by atoms with Crippen LogP contribution in [-0.4, -0.2) is 156 Å². The van der Waals surface area contributed by atoms with E-state index in [9.17, 15) is 14.6 Å². The summed E-state index contributed by atoms with van der Waals surface area (Å²) in [5, 5.41) is 31.8. The van der Waals surface area contributed by atoms with Gasteiger partial charge < -0.3 is 40.1 Å². The number of aromatic hydroxyl groups is 2. The lowest BCUT2D eigenvalue weighted by Crippen LogP contribution is -2.59. The standard InChI is InChI=1S/C70H68F6N12O4/c1-5-44-52(73)11-10-37-20-42(89)22-48(55(37)44)59-57(75)61-50(27-77-59)64(86-32-41-13-17-68(8-4,34-86)84-41)82-66(80-61)92-36-70-18-14-54(88(70)30-39(72)26-70)46-24-53(74)45(6-2)56-47(46)21-43(90)23-49(56)60-58(76)62-51(28-78-60)63(85-31-40-12-16-67(7-3,33-85)83-40)81-65(79-62)91-35-69-15-9-19-87(69)29-38(71)25-69/h1-2,10-11,20-24,27-28,38-41,54,83-84,89-90H,7-9,12-19,25-26,29-36H2,3-4H3/t38-,39-,40-,41?,54?,67+,68?,69+,70+/m1/s1. The summed E-state index contributed by atoms with van der Waals surface area (Å²) in [7, 11) is 0. The number of aromatic nitrogens is 6. The summed E-state index contributed by atoms with van der Waals surface area (Å²) in [5.41, 5.74) is -2.73. The predicted molar refractivity (Wildman–Crippen MR) is 337 cm³/mol. The minimum atomic E-state index is -1.36. The van der Waals surface area contributed by atoms with Gasteiger partial charge in [0.25, 0.3) is 0 Å². The van der Waals surface area contributed by atoms with Crippen LogP contribution in [0.1, 0.15) is 114 Å². The molecule has 4 aromatic carbocycles. The first-order valence-electron chi connectivity index (χ1n) is 32.1. The quantitative estimate of drug-likeness (QED) is 0.0634. The molecular formula is C70H68F6N12O4. The predicted octanol–water partition coefficient (Wildman–Crippen LogP) is 11.0. The zero-order chi connectivity index (χ0) is 63.3. The van der Waals surface area contributed by atoms with E-state index in [0.717, 1.165) is 57.9 Å². The Kier molecular flexibility index (Phi) is 13.8. The summed E-state index contributed by atoms with van der Waals surface area (Å²) >= 11 is 0. The van der Waals surface area contributed by atoms with Crippen molar-refractivity contribution in [1.29, 1.82) is 0 Å². The molecule has 0 aliphatic carbocycles. The number of nitrogens with zero attached hydrogens (tertiary/aromatic N) is 10. The number of piperazine rings is 2. The maximum Gasteiger partial charge on any atom is 0.319 e. The lowest BCUT2D eigenvalue weighted by atomic mass is 9.89. The van der Waals surface area contributed by atoms with Crippen LogP contribution in [0.15, 0.2) is 54.9 Å². The van der Waals surface area contributed by atoms with Gasteiger partial charge in [-0.1, -0.05) is 31.8 Å². The molecule has 8 aliphatic heterocycles. The molecule has 22 heteroatoms. The van der Waals surface area contributed by atoms with Crippen LogP contribution in [0.2, 0.25) is 0 Å². The van der Waals surface area contributed by atoms with Crippen molar-refractivity contribution in [3.63, 3.8) is 0 Å². The van der Waals surface area contributed by atoms with Gasteiger partial charge in [-0.25, -0.2) is 26.3 Å². The number of fused-ring (bicyclic) bond motifs is 10. The molecule has 474 valence electrons. The highest BCUT2D eigenvalue weighted by Gasteiger charge is 2.55. The summed E-state index contributed by atoms with van der Waals surface area (Å²) in [4.78, 5) is 37.1. The highest BCUT2D eigenvalue weighted by atomic mass is 19.2. The van der Waals surface area contributed by atoms with Crippen LogP contribution >= 0.6 is 0 Å². The molecule has 16 rings (SSSR count). The SMILES string of the molecule is C#Cc1c(F)ccc2cc(O)cc(-c3ncc4c(N5CC6CCC(CC)(C5)N6)nc(OC[C@@]56CCC(c7cc(F)c(C#C)c8c(-c9ncc%10c(N%11C[C@H]%12CC[C@@](CC)(C%11)N%12)nc(OC[C@@]%11%12CCCN%11C[C@H](F)C%12)nc%10c9F)cc(O)cc78)N5C[C@H](F)C6)nc4c3F)c12. The number of terminal acetylenes is 2. The number of phenolic OH excluding ortho intramolecular Hbond substituents is 2. The molecular weight excluding hydrogens is 1190 g/mol. The van der Waals surface area contributed by atoms with E-state index in [1.54, 1.807) is 0 Å². The third-order valence-corrected chi connectivity index (χ3v) is 22.1. The fourth-order valence-corrected chi connectivity index (χ4v) is 17.6. The highest BCUT2D eigenvalue weighted by Crippen LogP contribution is 2.53. The van der Waals surface area contributed by atoms with E-state index in [4.69, 9.17) is 47.2 Å². The third-order valence-electron chi connectivity index (χ3n) is 22.1. The fourth-order valence-electron chi connectivity index (χ4n) is 17.6. The summed E-state index contributed by atoms with van der Waals surface area (Å²) in [6.45, 7) is 7.42. The van der Waals surface area contributed by atoms with Crippen molar-refractivity contribution in [2.24, 2.45) is 0 Å². The monoisotopic (exact) mass is 1250 g/mol. The van der Waals surface area contributed by atoms with Gasteiger partial charge in [-0.15, -0.1) is 12.8 Å². The number of rotatable bonds is 13. The largest absolute Gasteiger partial charge is 0.508 e. The average Bonchev–Trinajstić information content (AvgIpc) is 1.10. The van der Waals surface area contributed by atoms with Crippen molar-refractivity contribution in [1.82, 2.24) is 50.3 Å². The zero-order valence-electron chi connectivity index (χ0n) is 51.0. The number of alkyl halides is 2. The molecule has 16 nitrogen and oxygen atoms in total. The summed E-state index contributed by atoms with van der Waals surface area (Å²) in [5.74, 6) is 1.89. The van der Waals surface area contributed by atoms with E-state index >= 15 is 22.0 Å². The van der Waals surface area contributed by atoms with Crippen LogP contribution < -0.4 is 29.9 Å². The molecule has 12 heterocycles. The molecule has 8 fully saturated rings. The van der Waals surface area contributed by atoms with E-state index in [1.807, 2.05) is 4.90 Å². The van der Waals surface area contributed by atoms with Gasteiger partial charge in [-0.3, -0.25) is 19.8 Å². The molecule has 4 N–H and O–H groups in total. The summed E-state index contributed by atoms with van der Waals surface area (Å²) in [6, 6.07) is 8.69. The third kappa shape index (κ3) is 9.27. The Morgan fingerprint density at radius 1 is 0.630 bits per heavy atom. The van der Waals surface area contributed by atoms with Crippen LogP contribution in [0.3, 0.4) is 0 Å². The Morgan fingerprint density at radius 2 is 1.20 bits per heavy atom. The second kappa shape index (κ2) is 21.7. The Labute approximate surface area is 527 Å². The minimum absolute atomic E-state index is 0.00297. The lowest BCUT2D eigenvalue weighted by molar-refractivity contribution is 0.0848. The first kappa shape index (κ1) is 58.8. The number of hydrogen-bond acceptors (Lipinski definition) is 16. The number of hydrogen-bond donors (Lipinski definition) is 4. The molecule has 0 spiro atoms. The van der Waals surface area contributed by atoms with Crippen LogP contribution in [0, 0.1) is 48.0 Å². The van der Waals surface area contributed by atoms with Gasteiger partial charge in [0.1, 0.15) is 82.7 Å². The highest BCUT2D eigenvalue weighted by molar-refractivity contribution is 6.05. The Hall–Kier alpha value is -8.28. The molecule has 8 aliphatic rings. The molecule has 0 saturated carbocycles. The Bertz CT molecular complexity index is 4510. The summed E-state index contributed by atoms with van der Waals surface area (Å²) < 4.78 is 113. The molecule has 4 aromatic heterocycles. The number of nitrogens with one attached hydrogen (secondary N) is 2. The molecule has 0 amide bonds. The molecule has 3 unspecified atom stereocenters. The van der Waals surface area contributed by atoms with Gasteiger partial charge in [0.05, 0.1) is 33.0 Å². The van der Waals surface area contributed by atoms with Gasteiger partial charge in [-0.05, 0) is 123 Å². The van der Waals surface area contributed by atoms with Crippen molar-refractivity contribution in [2.75, 3.05) is 68.8 Å². The first-order chi connectivity index (χ1) is 44.4. The van der Waals surface area contributed by atoms with Crippen LogP contribution in [0.4, 0.5) is 38.0 Å². The average molecular weight is 1260 g/mol. The van der Waals surface area contributed by atoms with E-state index in [2.05, 4.69) is 56.0 Å². The first-order valence-corrected chi connectivity index (χ1v) is 32.1. The second-order valence-electron chi connectivity index (χ2n) is 27.2. The van der Waals surface area contributed by atoms with Crippen molar-refractivity contribution in [3.05, 3.63) is 94.8 Å². The number of phenols is 2. The van der Waals surface area contributed by atoms with E-state index in [-0.39, 0.29) is 134 Å². The van der Waals surface area contributed by atoms with Crippen LogP contribution in [0.5, 0.6) is 23.5 Å². The molecule has 9 atom stereocenters. The smallest absolute Gasteiger partial charge is 0.319 e. The minimum Gasteiger partial charge on any atom is -0.508 e. The maximum absolute atomic E-state index is 18.2. The number of anilines is 2. The van der Waals surface area contributed by atoms with Gasteiger partial charge in [0.2, 0.25) is 0 Å². The van der Waals surface area contributed by atoms with Crippen LogP contribution in [-0.2, 0) is 0 Å². The topological polar surface area (TPSA) is 173 Å². The van der Waals surface area contributed by atoms with Gasteiger partial charge >= 0.3 is 12.0 Å². The lowest BCUT2D eigenvalue weighted by Gasteiger charge is -2.42.